The molecule has 0 spiro atoms. The minimum Gasteiger partial charge on any atom is -0.493 e. The Morgan fingerprint density at radius 2 is 2.12 bits per heavy atom. The van der Waals surface area contributed by atoms with Crippen LogP contribution in [0.5, 0.6) is 5.75 Å². The summed E-state index contributed by atoms with van der Waals surface area (Å²) in [6.07, 6.45) is 2.53. The first-order chi connectivity index (χ1) is 7.44. The van der Waals surface area contributed by atoms with Crippen molar-refractivity contribution < 1.29 is 9.47 Å². The second-order valence-corrected chi connectivity index (χ2v) is 4.72. The number of pyridine rings is 1. The maximum absolute atomic E-state index is 5.80. The maximum Gasteiger partial charge on any atom is 0.132 e. The lowest BCUT2D eigenvalue weighted by atomic mass is 10.1. The second kappa shape index (κ2) is 5.51. The lowest BCUT2D eigenvalue weighted by Gasteiger charge is -2.22. The summed E-state index contributed by atoms with van der Waals surface area (Å²) in [4.78, 5) is 3.97. The van der Waals surface area contributed by atoms with E-state index in [2.05, 4.69) is 4.98 Å². The lowest BCUT2D eigenvalue weighted by molar-refractivity contribution is 0.00539. The van der Waals surface area contributed by atoms with Crippen LogP contribution < -0.4 is 4.74 Å². The van der Waals surface area contributed by atoms with Crippen molar-refractivity contribution in [2.24, 2.45) is 0 Å². The molecule has 0 aliphatic carbocycles. The van der Waals surface area contributed by atoms with Gasteiger partial charge in [-0.3, -0.25) is 0 Å². The summed E-state index contributed by atoms with van der Waals surface area (Å²) in [5, 5.41) is 0.451. The van der Waals surface area contributed by atoms with E-state index in [9.17, 15) is 0 Å². The topological polar surface area (TPSA) is 31.4 Å². The molecule has 0 bridgehead atoms. The molecule has 4 heteroatoms. The molecule has 0 fully saturated rings. The van der Waals surface area contributed by atoms with Crippen LogP contribution in [0.4, 0.5) is 0 Å². The van der Waals surface area contributed by atoms with Crippen LogP contribution in [0.25, 0.3) is 0 Å². The van der Waals surface area contributed by atoms with Gasteiger partial charge in [0.25, 0.3) is 0 Å². The van der Waals surface area contributed by atoms with Gasteiger partial charge in [-0.05, 0) is 20.8 Å². The molecule has 90 valence electrons. The highest BCUT2D eigenvalue weighted by molar-refractivity contribution is 6.29. The Bertz CT molecular complexity index is 353. The molecule has 1 heterocycles. The molecule has 0 saturated carbocycles. The van der Waals surface area contributed by atoms with Gasteiger partial charge >= 0.3 is 0 Å². The maximum atomic E-state index is 5.80. The zero-order valence-electron chi connectivity index (χ0n) is 10.2. The molecule has 0 aliphatic heterocycles. The third-order valence-corrected chi connectivity index (χ3v) is 2.74. The van der Waals surface area contributed by atoms with Crippen molar-refractivity contribution in [3.05, 3.63) is 23.0 Å². The summed E-state index contributed by atoms with van der Waals surface area (Å²) < 4.78 is 11.0. The summed E-state index contributed by atoms with van der Waals surface area (Å²) in [6.45, 7) is 6.60. The molecule has 0 N–H and O–H groups in total. The van der Waals surface area contributed by atoms with Crippen molar-refractivity contribution in [1.82, 2.24) is 4.98 Å². The van der Waals surface area contributed by atoms with E-state index in [1.165, 1.54) is 0 Å². The molecule has 0 amide bonds. The molecule has 0 unspecified atom stereocenters. The molecule has 0 aromatic carbocycles. The van der Waals surface area contributed by atoms with Gasteiger partial charge in [0.2, 0.25) is 0 Å². The molecule has 1 aromatic heterocycles. The Morgan fingerprint density at radius 1 is 1.44 bits per heavy atom. The molecule has 0 atom stereocenters. The van der Waals surface area contributed by atoms with E-state index < -0.39 is 0 Å². The molecule has 16 heavy (non-hydrogen) atoms. The van der Waals surface area contributed by atoms with E-state index in [4.69, 9.17) is 21.1 Å². The van der Waals surface area contributed by atoms with Gasteiger partial charge in [-0.15, -0.1) is 0 Å². The average molecular weight is 244 g/mol. The van der Waals surface area contributed by atoms with E-state index in [0.717, 1.165) is 17.7 Å². The normalized spacial score (nSPS) is 11.6. The number of aryl methyl sites for hydroxylation is 1. The van der Waals surface area contributed by atoms with Crippen molar-refractivity contribution in [3.63, 3.8) is 0 Å². The van der Waals surface area contributed by atoms with Crippen LogP contribution in [0.15, 0.2) is 12.3 Å². The third-order valence-electron chi connectivity index (χ3n) is 2.53. The number of nitrogens with zero attached hydrogens (tertiary/aromatic N) is 1. The van der Waals surface area contributed by atoms with Crippen molar-refractivity contribution in [2.45, 2.75) is 32.8 Å². The van der Waals surface area contributed by atoms with Crippen LogP contribution in [-0.2, 0) is 4.74 Å². The second-order valence-electron chi connectivity index (χ2n) is 4.33. The van der Waals surface area contributed by atoms with Crippen LogP contribution in [0, 0.1) is 6.92 Å². The molecule has 1 aromatic rings. The zero-order chi connectivity index (χ0) is 12.2. The van der Waals surface area contributed by atoms with E-state index in [-0.39, 0.29) is 5.60 Å². The highest BCUT2D eigenvalue weighted by Gasteiger charge is 2.16. The fourth-order valence-electron chi connectivity index (χ4n) is 1.15. The lowest BCUT2D eigenvalue weighted by Crippen LogP contribution is -2.25. The molecular weight excluding hydrogens is 226 g/mol. The minimum absolute atomic E-state index is 0.162. The van der Waals surface area contributed by atoms with Crippen molar-refractivity contribution in [1.29, 1.82) is 0 Å². The number of hydrogen-bond donors (Lipinski definition) is 0. The van der Waals surface area contributed by atoms with Crippen molar-refractivity contribution in [2.75, 3.05) is 13.7 Å². The van der Waals surface area contributed by atoms with Gasteiger partial charge in [0.15, 0.2) is 0 Å². The van der Waals surface area contributed by atoms with Crippen LogP contribution in [0.3, 0.4) is 0 Å². The van der Waals surface area contributed by atoms with Crippen molar-refractivity contribution in [3.8, 4) is 5.75 Å². The Kier molecular flexibility index (Phi) is 4.56. The minimum atomic E-state index is -0.162. The van der Waals surface area contributed by atoms with Gasteiger partial charge in [-0.2, -0.15) is 0 Å². The first-order valence-electron chi connectivity index (χ1n) is 5.25. The third kappa shape index (κ3) is 3.99. The fourth-order valence-corrected chi connectivity index (χ4v) is 1.29. The fraction of sp³-hybridized carbons (Fsp3) is 0.583. The van der Waals surface area contributed by atoms with Crippen LogP contribution in [0.1, 0.15) is 25.8 Å². The number of methoxy groups -OCH3 is 1. The molecule has 0 aliphatic rings. The van der Waals surface area contributed by atoms with Gasteiger partial charge in [0, 0.05) is 31.4 Å². The summed E-state index contributed by atoms with van der Waals surface area (Å²) >= 11 is 5.80. The van der Waals surface area contributed by atoms with Gasteiger partial charge in [0.1, 0.15) is 10.9 Å². The number of hydrogen-bond acceptors (Lipinski definition) is 3. The molecular formula is C12H18ClNO2. The zero-order valence-corrected chi connectivity index (χ0v) is 11.0. The van der Waals surface area contributed by atoms with Gasteiger partial charge in [-0.25, -0.2) is 4.98 Å². The first-order valence-corrected chi connectivity index (χ1v) is 5.62. The number of rotatable bonds is 5. The Morgan fingerprint density at radius 3 is 2.75 bits per heavy atom. The Labute approximate surface area is 102 Å². The first kappa shape index (κ1) is 13.3. The number of halogens is 1. The standard InChI is InChI=1S/C12H18ClNO2/c1-9-8-14-11(13)7-10(9)16-6-5-12(2,3)15-4/h7-8H,5-6H2,1-4H3. The molecule has 0 saturated heterocycles. The predicted octanol–water partition coefficient (Wildman–Crippen LogP) is 3.24. The summed E-state index contributed by atoms with van der Waals surface area (Å²) in [5.41, 5.74) is 0.824. The van der Waals surface area contributed by atoms with E-state index >= 15 is 0 Å². The monoisotopic (exact) mass is 243 g/mol. The highest BCUT2D eigenvalue weighted by atomic mass is 35.5. The Hall–Kier alpha value is -0.800. The SMILES string of the molecule is COC(C)(C)CCOc1cc(Cl)ncc1C. The van der Waals surface area contributed by atoms with E-state index in [1.54, 1.807) is 19.4 Å². The highest BCUT2D eigenvalue weighted by Crippen LogP contribution is 2.21. The number of ether oxygens (including phenoxy) is 2. The number of aromatic nitrogens is 1. The van der Waals surface area contributed by atoms with Crippen LogP contribution in [0.2, 0.25) is 5.15 Å². The van der Waals surface area contributed by atoms with Crippen LogP contribution in [-0.4, -0.2) is 24.3 Å². The molecule has 0 radical (unpaired) electrons. The van der Waals surface area contributed by atoms with Crippen LogP contribution >= 0.6 is 11.6 Å². The quantitative estimate of drug-likeness (QED) is 0.744. The van der Waals surface area contributed by atoms with E-state index in [1.807, 2.05) is 20.8 Å². The van der Waals surface area contributed by atoms with Crippen molar-refractivity contribution >= 4 is 11.6 Å². The summed E-state index contributed by atoms with van der Waals surface area (Å²) in [6, 6.07) is 1.73. The Balaban J connectivity index is 2.52. The summed E-state index contributed by atoms with van der Waals surface area (Å²) in [5.74, 6) is 0.784. The van der Waals surface area contributed by atoms with Gasteiger partial charge in [0.05, 0.1) is 12.2 Å². The van der Waals surface area contributed by atoms with Gasteiger partial charge in [-0.1, -0.05) is 11.6 Å². The average Bonchev–Trinajstić information content (AvgIpc) is 2.23. The largest absolute Gasteiger partial charge is 0.493 e. The molecule has 1 rings (SSSR count). The molecule has 3 nitrogen and oxygen atoms in total. The van der Waals surface area contributed by atoms with E-state index in [0.29, 0.717) is 11.8 Å². The smallest absolute Gasteiger partial charge is 0.132 e. The van der Waals surface area contributed by atoms with Gasteiger partial charge < -0.3 is 9.47 Å². The summed E-state index contributed by atoms with van der Waals surface area (Å²) in [7, 11) is 1.70. The predicted molar refractivity (Wildman–Crippen MR) is 65.2 cm³/mol.